The van der Waals surface area contributed by atoms with Crippen molar-refractivity contribution in [2.45, 2.75) is 0 Å². The number of nitrogens with zero attached hydrogens (tertiary/aromatic N) is 4. The van der Waals surface area contributed by atoms with E-state index >= 15 is 0 Å². The second-order valence-corrected chi connectivity index (χ2v) is 11.4. The molecule has 7 aromatic carbocycles. The Morgan fingerprint density at radius 1 is 0.388 bits per heavy atom. The van der Waals surface area contributed by atoms with Crippen molar-refractivity contribution < 1.29 is 12.3 Å². The summed E-state index contributed by atoms with van der Waals surface area (Å²) in [5.74, 6) is 1.16. The largest absolute Gasteiger partial charge is 0.308 e. The third-order valence-corrected chi connectivity index (χ3v) is 8.49. The van der Waals surface area contributed by atoms with E-state index in [9.17, 15) is 1.37 Å². The Morgan fingerprint density at radius 3 is 1.69 bits per heavy atom. The third-order valence-electron chi connectivity index (χ3n) is 8.49. The normalized spacial score (nSPS) is 13.8. The zero-order valence-corrected chi connectivity index (χ0v) is 25.9. The van der Waals surface area contributed by atoms with Gasteiger partial charge in [0, 0.05) is 27.5 Å². The summed E-state index contributed by atoms with van der Waals surface area (Å²) in [5, 5.41) is 0.746. The van der Waals surface area contributed by atoms with Crippen LogP contribution in [-0.4, -0.2) is 19.5 Å². The fourth-order valence-corrected chi connectivity index (χ4v) is 6.16. The van der Waals surface area contributed by atoms with Crippen LogP contribution in [0.1, 0.15) is 12.3 Å². The van der Waals surface area contributed by atoms with Crippen molar-refractivity contribution in [3.8, 4) is 62.1 Å². The summed E-state index contributed by atoms with van der Waals surface area (Å²) in [6.07, 6.45) is 0. The van der Waals surface area contributed by atoms with Gasteiger partial charge in [0.2, 0.25) is 0 Å². The standard InChI is InChI=1S/C45H30N4/c1-4-14-31(15-5-1)33-24-26-35(27-25-33)44-46-43(34-18-8-3-9-19-34)47-45(48-44)39-21-11-13-23-41(39)49-40-22-12-10-20-37(40)38-29-28-36(30-42(38)49)32-16-6-2-7-17-32/h1-30H/i2D,6D,7D,10D,12D,16D,17D,20D,22D. The van der Waals surface area contributed by atoms with E-state index in [0.29, 0.717) is 45.2 Å². The number of aromatic nitrogens is 4. The fraction of sp³-hybridized carbons (Fsp3) is 0. The zero-order chi connectivity index (χ0) is 40.4. The molecule has 0 spiro atoms. The molecular formula is C45H30N4. The molecule has 4 nitrogen and oxygen atoms in total. The van der Waals surface area contributed by atoms with E-state index in [-0.39, 0.29) is 40.6 Å². The van der Waals surface area contributed by atoms with E-state index in [1.54, 1.807) is 22.8 Å². The van der Waals surface area contributed by atoms with Crippen molar-refractivity contribution in [1.29, 1.82) is 0 Å². The first-order valence-corrected chi connectivity index (χ1v) is 15.7. The van der Waals surface area contributed by atoms with Crippen LogP contribution in [-0.2, 0) is 0 Å². The van der Waals surface area contributed by atoms with Gasteiger partial charge in [0.15, 0.2) is 17.5 Å². The van der Waals surface area contributed by atoms with Crippen molar-refractivity contribution >= 4 is 21.8 Å². The van der Waals surface area contributed by atoms with Crippen LogP contribution >= 0.6 is 0 Å². The van der Waals surface area contributed by atoms with Gasteiger partial charge in [0.1, 0.15) is 0 Å². The van der Waals surface area contributed by atoms with Gasteiger partial charge in [-0.3, -0.25) is 0 Å². The maximum absolute atomic E-state index is 9.18. The van der Waals surface area contributed by atoms with Crippen LogP contribution in [0.15, 0.2) is 182 Å². The minimum atomic E-state index is -0.509. The molecule has 0 aliphatic heterocycles. The van der Waals surface area contributed by atoms with Gasteiger partial charge >= 0.3 is 0 Å². The lowest BCUT2D eigenvalue weighted by Gasteiger charge is -2.15. The lowest BCUT2D eigenvalue weighted by molar-refractivity contribution is 1.06. The lowest BCUT2D eigenvalue weighted by atomic mass is 10.0. The molecule has 0 aliphatic rings. The van der Waals surface area contributed by atoms with Crippen molar-refractivity contribution in [3.05, 3.63) is 182 Å². The van der Waals surface area contributed by atoms with E-state index in [4.69, 9.17) is 25.9 Å². The molecule has 2 aromatic heterocycles. The molecule has 0 aliphatic carbocycles. The van der Waals surface area contributed by atoms with Gasteiger partial charge in [-0.2, -0.15) is 0 Å². The topological polar surface area (TPSA) is 43.6 Å². The van der Waals surface area contributed by atoms with Gasteiger partial charge in [-0.1, -0.05) is 158 Å². The van der Waals surface area contributed by atoms with Gasteiger partial charge in [-0.25, -0.2) is 15.0 Å². The minimum absolute atomic E-state index is 0.00885. The van der Waals surface area contributed by atoms with E-state index in [2.05, 4.69) is 0 Å². The van der Waals surface area contributed by atoms with Crippen LogP contribution in [0.4, 0.5) is 0 Å². The Kier molecular flexibility index (Phi) is 5.11. The number of rotatable bonds is 6. The maximum atomic E-state index is 9.18. The number of hydrogen-bond donors (Lipinski definition) is 0. The summed E-state index contributed by atoms with van der Waals surface area (Å²) in [6.45, 7) is 0. The molecule has 230 valence electrons. The predicted molar refractivity (Wildman–Crippen MR) is 201 cm³/mol. The highest BCUT2D eigenvalue weighted by molar-refractivity contribution is 6.10. The summed E-state index contributed by atoms with van der Waals surface area (Å²) < 4.78 is 79.4. The first-order valence-electron chi connectivity index (χ1n) is 20.2. The van der Waals surface area contributed by atoms with Crippen LogP contribution in [0.5, 0.6) is 0 Å². The van der Waals surface area contributed by atoms with Gasteiger partial charge in [-0.15, -0.1) is 0 Å². The molecule has 4 heteroatoms. The number of fused-ring (bicyclic) bond motifs is 3. The average molecular weight is 636 g/mol. The van der Waals surface area contributed by atoms with Gasteiger partial charge < -0.3 is 4.57 Å². The van der Waals surface area contributed by atoms with Crippen molar-refractivity contribution in [1.82, 2.24) is 19.5 Å². The lowest BCUT2D eigenvalue weighted by Crippen LogP contribution is -2.03. The van der Waals surface area contributed by atoms with E-state index in [0.717, 1.165) is 22.3 Å². The zero-order valence-electron chi connectivity index (χ0n) is 34.9. The number of hydrogen-bond acceptors (Lipinski definition) is 3. The highest BCUT2D eigenvalue weighted by atomic mass is 15.1. The molecule has 0 unspecified atom stereocenters. The Bertz CT molecular complexity index is 3070. The molecule has 9 rings (SSSR count). The van der Waals surface area contributed by atoms with E-state index in [1.165, 1.54) is 0 Å². The molecule has 0 radical (unpaired) electrons. The number of para-hydroxylation sites is 2. The van der Waals surface area contributed by atoms with Crippen LogP contribution in [0.3, 0.4) is 0 Å². The second kappa shape index (κ2) is 12.2. The molecule has 0 amide bonds. The average Bonchev–Trinajstić information content (AvgIpc) is 3.61. The highest BCUT2D eigenvalue weighted by Crippen LogP contribution is 2.38. The molecule has 0 atom stereocenters. The summed E-state index contributed by atoms with van der Waals surface area (Å²) in [5.41, 5.74) is 5.57. The molecule has 2 heterocycles. The maximum Gasteiger partial charge on any atom is 0.166 e. The van der Waals surface area contributed by atoms with Crippen molar-refractivity contribution in [2.24, 2.45) is 0 Å². The minimum Gasteiger partial charge on any atom is -0.308 e. The monoisotopic (exact) mass is 635 g/mol. The Hall–Kier alpha value is -6.65. The molecule has 49 heavy (non-hydrogen) atoms. The quantitative estimate of drug-likeness (QED) is 0.183. The predicted octanol–water partition coefficient (Wildman–Crippen LogP) is 11.3. The summed E-state index contributed by atoms with van der Waals surface area (Å²) in [4.78, 5) is 14.9. The number of benzene rings is 7. The first kappa shape index (κ1) is 20.6. The fourth-order valence-electron chi connectivity index (χ4n) is 6.16. The smallest absolute Gasteiger partial charge is 0.166 e. The molecular weight excluding hydrogens is 597 g/mol. The summed E-state index contributed by atoms with van der Waals surface area (Å²) in [7, 11) is 0. The Labute approximate surface area is 297 Å². The summed E-state index contributed by atoms with van der Waals surface area (Å²) in [6, 6.07) is 36.2. The van der Waals surface area contributed by atoms with Gasteiger partial charge in [-0.05, 0) is 46.5 Å². The van der Waals surface area contributed by atoms with Gasteiger partial charge in [0.05, 0.1) is 29.1 Å². The summed E-state index contributed by atoms with van der Waals surface area (Å²) >= 11 is 0. The molecule has 0 N–H and O–H groups in total. The Morgan fingerprint density at radius 2 is 0.939 bits per heavy atom. The van der Waals surface area contributed by atoms with Crippen LogP contribution < -0.4 is 0 Å². The molecule has 0 bridgehead atoms. The van der Waals surface area contributed by atoms with Crippen molar-refractivity contribution in [3.63, 3.8) is 0 Å². The SMILES string of the molecule is [2H]c1c([2H])c([2H])c(-c2ccc3c4c([2H])c([2H])c([2H])c([2H])c4n(-c4ccccc4-c4nc(-c5ccccc5)nc(-c5ccc(-c6ccccc6)cc5)n4)c3c2)c([2H])c1[2H]. The molecule has 0 saturated carbocycles. The van der Waals surface area contributed by atoms with E-state index in [1.807, 2.05) is 109 Å². The van der Waals surface area contributed by atoms with Crippen molar-refractivity contribution in [2.75, 3.05) is 0 Å². The first-order chi connectivity index (χ1) is 28.0. The van der Waals surface area contributed by atoms with Crippen LogP contribution in [0.25, 0.3) is 83.9 Å². The second-order valence-electron chi connectivity index (χ2n) is 11.4. The highest BCUT2D eigenvalue weighted by Gasteiger charge is 2.19. The molecule has 0 fully saturated rings. The van der Waals surface area contributed by atoms with Crippen LogP contribution in [0.2, 0.25) is 0 Å². The molecule has 0 saturated heterocycles. The third kappa shape index (κ3) is 5.26. The van der Waals surface area contributed by atoms with Crippen LogP contribution in [0, 0.1) is 0 Å². The van der Waals surface area contributed by atoms with Gasteiger partial charge in [0.25, 0.3) is 0 Å². The Balaban J connectivity index is 1.32. The molecule has 9 aromatic rings. The van der Waals surface area contributed by atoms with E-state index < -0.39 is 30.2 Å².